The second-order valence-corrected chi connectivity index (χ2v) is 8.39. The third kappa shape index (κ3) is 8.17. The molecule has 0 fully saturated rings. The summed E-state index contributed by atoms with van der Waals surface area (Å²) in [6.07, 6.45) is 2.03. The Balaban J connectivity index is 1.78. The van der Waals surface area contributed by atoms with Gasteiger partial charge in [0, 0.05) is 12.5 Å². The van der Waals surface area contributed by atoms with Gasteiger partial charge in [-0.3, -0.25) is 0 Å². The molecular weight excluding hydrogens is 540 g/mol. The molecule has 0 aliphatic rings. The molecule has 3 aromatic rings. The summed E-state index contributed by atoms with van der Waals surface area (Å²) in [6.45, 7) is 0. The smallest absolute Gasteiger partial charge is 0.373 e. The van der Waals surface area contributed by atoms with Crippen LogP contribution in [0.15, 0.2) is 66.4 Å². The number of phenols is 5. The predicted octanol–water partition coefficient (Wildman–Crippen LogP) is 3.15. The quantitative estimate of drug-likeness (QED) is 0.0794. The van der Waals surface area contributed by atoms with Crippen molar-refractivity contribution in [3.8, 4) is 34.5 Å². The van der Waals surface area contributed by atoms with E-state index in [9.17, 15) is 39.9 Å². The molecule has 0 amide bonds. The van der Waals surface area contributed by atoms with Crippen molar-refractivity contribution in [1.82, 2.24) is 0 Å². The zero-order valence-electron chi connectivity index (χ0n) is 21.8. The van der Waals surface area contributed by atoms with Crippen molar-refractivity contribution in [2.45, 2.75) is 12.5 Å². The molecule has 0 spiro atoms. The van der Waals surface area contributed by atoms with Crippen LogP contribution in [0.2, 0.25) is 0 Å². The lowest BCUT2D eigenvalue weighted by Crippen LogP contribution is -2.30. The van der Waals surface area contributed by atoms with Gasteiger partial charge < -0.3 is 44.5 Å². The number of carbonyl (C=O) groups is 3. The fourth-order valence-electron chi connectivity index (χ4n) is 3.41. The predicted molar refractivity (Wildman–Crippen MR) is 143 cm³/mol. The molecule has 1 atom stereocenters. The van der Waals surface area contributed by atoms with Crippen LogP contribution in [0, 0.1) is 0 Å². The van der Waals surface area contributed by atoms with E-state index in [1.54, 1.807) is 0 Å². The molecule has 214 valence electrons. The molecule has 5 N–H and O–H groups in total. The van der Waals surface area contributed by atoms with E-state index in [4.69, 9.17) is 14.2 Å². The van der Waals surface area contributed by atoms with Gasteiger partial charge in [-0.25, -0.2) is 14.4 Å². The van der Waals surface area contributed by atoms with Gasteiger partial charge in [0.05, 0.1) is 14.2 Å². The molecule has 12 heteroatoms. The average molecular weight is 567 g/mol. The summed E-state index contributed by atoms with van der Waals surface area (Å²) < 4.78 is 20.2. The van der Waals surface area contributed by atoms with Crippen molar-refractivity contribution in [2.24, 2.45) is 0 Å². The minimum absolute atomic E-state index is 0.140. The van der Waals surface area contributed by atoms with Gasteiger partial charge in [0.1, 0.15) is 0 Å². The van der Waals surface area contributed by atoms with Gasteiger partial charge in [0.15, 0.2) is 34.5 Å². The second kappa shape index (κ2) is 13.4. The SMILES string of the molecule is COC(=O)C(=Cc1ccc(O)c(O)c1)Oc1cc(C=CC(=O)OC(Cc2ccc(O)c(O)c2)C(=O)OC)ccc1O. The molecular formula is C29H26O12. The highest BCUT2D eigenvalue weighted by molar-refractivity contribution is 5.92. The summed E-state index contributed by atoms with van der Waals surface area (Å²) >= 11 is 0. The van der Waals surface area contributed by atoms with E-state index in [0.29, 0.717) is 11.1 Å². The van der Waals surface area contributed by atoms with Crippen LogP contribution in [0.1, 0.15) is 16.7 Å². The molecule has 0 aliphatic carbocycles. The molecule has 0 bridgehead atoms. The Kier molecular flexibility index (Phi) is 9.79. The number of rotatable bonds is 10. The first kappa shape index (κ1) is 29.9. The monoisotopic (exact) mass is 566 g/mol. The van der Waals surface area contributed by atoms with Gasteiger partial charge in [0.25, 0.3) is 0 Å². The van der Waals surface area contributed by atoms with Gasteiger partial charge in [-0.2, -0.15) is 0 Å². The summed E-state index contributed by atoms with van der Waals surface area (Å²) in [5.74, 6) is -5.12. The van der Waals surface area contributed by atoms with Crippen LogP contribution in [-0.2, 0) is 35.0 Å². The minimum Gasteiger partial charge on any atom is -0.504 e. The Labute approximate surface area is 233 Å². The highest BCUT2D eigenvalue weighted by atomic mass is 16.6. The van der Waals surface area contributed by atoms with Gasteiger partial charge in [-0.05, 0) is 65.2 Å². The molecule has 0 saturated heterocycles. The van der Waals surface area contributed by atoms with Crippen LogP contribution in [0.5, 0.6) is 34.5 Å². The number of ether oxygens (including phenoxy) is 4. The standard InChI is InChI=1S/C29H26O12/c1-38-28(36)25(14-17-4-7-19(30)22(33)11-17)40-24-13-16(3-9-21(24)32)6-10-27(35)41-26(29(37)39-2)15-18-5-8-20(31)23(34)12-18/h3-14,26,30-34H,15H2,1-2H3. The lowest BCUT2D eigenvalue weighted by molar-refractivity contribution is -0.162. The highest BCUT2D eigenvalue weighted by Crippen LogP contribution is 2.31. The molecule has 3 aromatic carbocycles. The largest absolute Gasteiger partial charge is 0.504 e. The Morgan fingerprint density at radius 2 is 1.39 bits per heavy atom. The Morgan fingerprint density at radius 1 is 0.756 bits per heavy atom. The summed E-state index contributed by atoms with van der Waals surface area (Å²) in [5.41, 5.74) is 1.01. The molecule has 41 heavy (non-hydrogen) atoms. The molecule has 0 radical (unpaired) electrons. The Bertz CT molecular complexity index is 1510. The van der Waals surface area contributed by atoms with E-state index in [1.807, 2.05) is 0 Å². The molecule has 0 saturated carbocycles. The first-order valence-corrected chi connectivity index (χ1v) is 11.8. The lowest BCUT2D eigenvalue weighted by Gasteiger charge is -2.15. The minimum atomic E-state index is -1.35. The van der Waals surface area contributed by atoms with Crippen LogP contribution in [-0.4, -0.2) is 63.8 Å². The first-order valence-electron chi connectivity index (χ1n) is 11.8. The zero-order chi connectivity index (χ0) is 30.1. The third-order valence-corrected chi connectivity index (χ3v) is 5.48. The van der Waals surface area contributed by atoms with E-state index >= 15 is 0 Å². The van der Waals surface area contributed by atoms with E-state index in [2.05, 4.69) is 4.74 Å². The summed E-state index contributed by atoms with van der Waals surface area (Å²) in [6, 6.07) is 11.6. The summed E-state index contributed by atoms with van der Waals surface area (Å²) in [7, 11) is 2.23. The van der Waals surface area contributed by atoms with E-state index in [0.717, 1.165) is 20.3 Å². The maximum absolute atomic E-state index is 12.5. The van der Waals surface area contributed by atoms with Crippen molar-refractivity contribution in [3.63, 3.8) is 0 Å². The van der Waals surface area contributed by atoms with Crippen LogP contribution in [0.25, 0.3) is 12.2 Å². The van der Waals surface area contributed by atoms with Crippen molar-refractivity contribution < 1.29 is 58.9 Å². The number of aromatic hydroxyl groups is 5. The van der Waals surface area contributed by atoms with E-state index in [-0.39, 0.29) is 40.7 Å². The van der Waals surface area contributed by atoms with E-state index < -0.39 is 35.5 Å². The van der Waals surface area contributed by atoms with Crippen molar-refractivity contribution in [2.75, 3.05) is 14.2 Å². The van der Waals surface area contributed by atoms with Gasteiger partial charge >= 0.3 is 17.9 Å². The number of benzene rings is 3. The second-order valence-electron chi connectivity index (χ2n) is 8.39. The number of esters is 3. The normalized spacial score (nSPS) is 12.0. The third-order valence-electron chi connectivity index (χ3n) is 5.48. The number of carbonyl (C=O) groups excluding carboxylic acids is 3. The Morgan fingerprint density at radius 3 is 2.02 bits per heavy atom. The number of hydrogen-bond acceptors (Lipinski definition) is 12. The fraction of sp³-hybridized carbons (Fsp3) is 0.138. The number of methoxy groups -OCH3 is 2. The summed E-state index contributed by atoms with van der Waals surface area (Å²) in [4.78, 5) is 36.9. The maximum atomic E-state index is 12.5. The summed E-state index contributed by atoms with van der Waals surface area (Å²) in [5, 5.41) is 48.6. The van der Waals surface area contributed by atoms with Crippen molar-refractivity contribution in [1.29, 1.82) is 0 Å². The molecule has 0 heterocycles. The van der Waals surface area contributed by atoms with Crippen LogP contribution >= 0.6 is 0 Å². The Hall–Kier alpha value is -5.65. The van der Waals surface area contributed by atoms with Crippen molar-refractivity contribution >= 4 is 30.1 Å². The van der Waals surface area contributed by atoms with Gasteiger partial charge in [-0.15, -0.1) is 0 Å². The van der Waals surface area contributed by atoms with E-state index in [1.165, 1.54) is 66.7 Å². The van der Waals surface area contributed by atoms with Crippen LogP contribution in [0.4, 0.5) is 0 Å². The fourth-order valence-corrected chi connectivity index (χ4v) is 3.41. The topological polar surface area (TPSA) is 189 Å². The molecule has 0 aliphatic heterocycles. The molecule has 3 rings (SSSR count). The molecule has 0 aromatic heterocycles. The first-order chi connectivity index (χ1) is 19.5. The van der Waals surface area contributed by atoms with Crippen LogP contribution < -0.4 is 4.74 Å². The van der Waals surface area contributed by atoms with Crippen molar-refractivity contribution in [3.05, 3.63) is 83.1 Å². The molecule has 1 unspecified atom stereocenters. The maximum Gasteiger partial charge on any atom is 0.373 e. The highest BCUT2D eigenvalue weighted by Gasteiger charge is 2.24. The average Bonchev–Trinajstić information content (AvgIpc) is 2.95. The molecule has 12 nitrogen and oxygen atoms in total. The van der Waals surface area contributed by atoms with Crippen LogP contribution in [0.3, 0.4) is 0 Å². The van der Waals surface area contributed by atoms with Gasteiger partial charge in [-0.1, -0.05) is 18.2 Å². The van der Waals surface area contributed by atoms with Gasteiger partial charge in [0.2, 0.25) is 11.9 Å². The zero-order valence-corrected chi connectivity index (χ0v) is 21.8. The lowest BCUT2D eigenvalue weighted by atomic mass is 10.1. The number of phenolic OH excluding ortho intramolecular Hbond substituents is 5. The number of hydrogen-bond donors (Lipinski definition) is 5.